The molecule has 3 nitrogen and oxygen atoms in total. The second-order valence-corrected chi connectivity index (χ2v) is 7.05. The van der Waals surface area contributed by atoms with Crippen molar-refractivity contribution in [3.05, 3.63) is 29.6 Å². The van der Waals surface area contributed by atoms with Crippen molar-refractivity contribution in [1.82, 2.24) is 9.78 Å². The van der Waals surface area contributed by atoms with Crippen LogP contribution < -0.4 is 5.73 Å². The van der Waals surface area contributed by atoms with E-state index in [1.807, 2.05) is 19.9 Å². The van der Waals surface area contributed by atoms with Gasteiger partial charge in [-0.15, -0.1) is 11.3 Å². The van der Waals surface area contributed by atoms with Gasteiger partial charge in [-0.05, 0) is 42.5 Å². The minimum atomic E-state index is -0.0199. The summed E-state index contributed by atoms with van der Waals surface area (Å²) in [5.74, 6) is 0.661. The first-order valence-corrected chi connectivity index (χ1v) is 7.51. The number of aromatic nitrogens is 2. The number of nitrogens with two attached hydrogens (primary N) is 1. The lowest BCUT2D eigenvalue weighted by Gasteiger charge is -2.13. The molecule has 0 fully saturated rings. The van der Waals surface area contributed by atoms with Crippen molar-refractivity contribution >= 4 is 62.9 Å². The number of anilines is 1. The molecule has 0 saturated heterocycles. The van der Waals surface area contributed by atoms with E-state index in [0.29, 0.717) is 14.5 Å². The molecule has 92 valence electrons. The van der Waals surface area contributed by atoms with E-state index in [0.717, 1.165) is 14.8 Å². The molecule has 0 aliphatic heterocycles. The van der Waals surface area contributed by atoms with E-state index in [1.54, 1.807) is 4.68 Å². The number of rotatable bonds is 2. The molecule has 2 aromatic heterocycles. The Kier molecular flexibility index (Phi) is 3.92. The Morgan fingerprint density at radius 1 is 1.53 bits per heavy atom. The van der Waals surface area contributed by atoms with Crippen LogP contribution in [0.4, 0.5) is 5.82 Å². The molecule has 0 amide bonds. The molecule has 0 aliphatic carbocycles. The molecule has 0 aromatic carbocycles. The summed E-state index contributed by atoms with van der Waals surface area (Å²) in [6.45, 7) is 3.94. The molecule has 0 saturated carbocycles. The lowest BCUT2D eigenvalue weighted by atomic mass is 10.2. The number of aryl methyl sites for hydroxylation is 1. The molecule has 2 heterocycles. The average Bonchev–Trinajstić information content (AvgIpc) is 2.72. The molecule has 1 atom stereocenters. The van der Waals surface area contributed by atoms with Crippen molar-refractivity contribution in [2.75, 3.05) is 5.73 Å². The zero-order valence-electron chi connectivity index (χ0n) is 9.17. The first-order valence-electron chi connectivity index (χ1n) is 4.86. The zero-order valence-corrected chi connectivity index (χ0v) is 13.7. The summed E-state index contributed by atoms with van der Waals surface area (Å²) in [4.78, 5) is 0. The average molecular weight is 402 g/mol. The van der Waals surface area contributed by atoms with Crippen molar-refractivity contribution in [3.63, 3.8) is 0 Å². The van der Waals surface area contributed by atoms with Gasteiger partial charge in [0.15, 0.2) is 0 Å². The van der Waals surface area contributed by atoms with Crippen LogP contribution in [-0.4, -0.2) is 9.78 Å². The smallest absolute Gasteiger partial charge is 0.136 e. The topological polar surface area (TPSA) is 43.8 Å². The highest BCUT2D eigenvalue weighted by molar-refractivity contribution is 14.1. The van der Waals surface area contributed by atoms with E-state index in [1.165, 1.54) is 11.3 Å². The van der Waals surface area contributed by atoms with Crippen LogP contribution in [0.3, 0.4) is 0 Å². The highest BCUT2D eigenvalue weighted by atomic mass is 127. The summed E-state index contributed by atoms with van der Waals surface area (Å²) in [6, 6.07) is 1.84. The molecule has 0 aliphatic rings. The summed E-state index contributed by atoms with van der Waals surface area (Å²) < 4.78 is 4.12. The third-order valence-electron chi connectivity index (χ3n) is 2.55. The third-order valence-corrected chi connectivity index (χ3v) is 5.40. The summed E-state index contributed by atoms with van der Waals surface area (Å²) in [5, 5.41) is 4.42. The van der Waals surface area contributed by atoms with Gasteiger partial charge < -0.3 is 5.73 Å². The normalized spacial score (nSPS) is 13.0. The van der Waals surface area contributed by atoms with Crippen molar-refractivity contribution in [2.24, 2.45) is 0 Å². The highest BCUT2D eigenvalue weighted by Crippen LogP contribution is 2.37. The molecular weight excluding hydrogens is 392 g/mol. The minimum absolute atomic E-state index is 0.0199. The molecule has 0 spiro atoms. The fraction of sp³-hybridized carbons (Fsp3) is 0.300. The molecule has 2 aromatic rings. The summed E-state index contributed by atoms with van der Waals surface area (Å²) in [7, 11) is 0. The van der Waals surface area contributed by atoms with Gasteiger partial charge in [0.1, 0.15) is 5.82 Å². The van der Waals surface area contributed by atoms with Crippen molar-refractivity contribution in [3.8, 4) is 0 Å². The van der Waals surface area contributed by atoms with Gasteiger partial charge >= 0.3 is 0 Å². The second kappa shape index (κ2) is 4.95. The van der Waals surface area contributed by atoms with E-state index >= 15 is 0 Å². The highest BCUT2D eigenvalue weighted by Gasteiger charge is 2.20. The number of hydrogen-bond donors (Lipinski definition) is 1. The minimum Gasteiger partial charge on any atom is -0.383 e. The van der Waals surface area contributed by atoms with Crippen LogP contribution in [0.15, 0.2) is 6.07 Å². The van der Waals surface area contributed by atoms with Gasteiger partial charge in [0.2, 0.25) is 0 Å². The van der Waals surface area contributed by atoms with Gasteiger partial charge in [0.05, 0.1) is 24.0 Å². The molecule has 7 heteroatoms. The molecule has 1 unspecified atom stereocenters. The van der Waals surface area contributed by atoms with Crippen molar-refractivity contribution in [2.45, 2.75) is 19.9 Å². The van der Waals surface area contributed by atoms with Gasteiger partial charge in [0.25, 0.3) is 0 Å². The second-order valence-electron chi connectivity index (χ2n) is 3.68. The number of nitrogen functional groups attached to an aromatic ring is 1. The Hall–Kier alpha value is 0.0200. The van der Waals surface area contributed by atoms with Crippen LogP contribution >= 0.6 is 57.1 Å². The van der Waals surface area contributed by atoms with Crippen LogP contribution in [0.5, 0.6) is 0 Å². The monoisotopic (exact) mass is 401 g/mol. The van der Waals surface area contributed by atoms with Crippen LogP contribution in [0.25, 0.3) is 0 Å². The standard InChI is InChI=1S/C10H10Cl2IN3S/c1-4-8(13)10(14)16(15-4)5(2)6-3-7(11)17-9(6)12/h3,5H,14H2,1-2H3. The third kappa shape index (κ3) is 2.43. The van der Waals surface area contributed by atoms with Gasteiger partial charge in [0, 0.05) is 5.56 Å². The first kappa shape index (κ1) is 13.5. The van der Waals surface area contributed by atoms with Gasteiger partial charge in [-0.1, -0.05) is 23.2 Å². The van der Waals surface area contributed by atoms with Crippen LogP contribution in [0.2, 0.25) is 8.67 Å². The Balaban J connectivity index is 2.47. The predicted molar refractivity (Wildman–Crippen MR) is 82.2 cm³/mol. The molecule has 0 bridgehead atoms. The maximum absolute atomic E-state index is 6.14. The van der Waals surface area contributed by atoms with E-state index in [4.69, 9.17) is 28.9 Å². The van der Waals surface area contributed by atoms with Crippen molar-refractivity contribution < 1.29 is 0 Å². The molecule has 0 radical (unpaired) electrons. The van der Waals surface area contributed by atoms with Gasteiger partial charge in [-0.3, -0.25) is 0 Å². The van der Waals surface area contributed by atoms with E-state index in [9.17, 15) is 0 Å². The van der Waals surface area contributed by atoms with E-state index in [-0.39, 0.29) is 6.04 Å². The summed E-state index contributed by atoms with van der Waals surface area (Å²) in [6.07, 6.45) is 0. The number of halogens is 3. The van der Waals surface area contributed by atoms with Gasteiger partial charge in [-0.25, -0.2) is 4.68 Å². The maximum Gasteiger partial charge on any atom is 0.136 e. The lowest BCUT2D eigenvalue weighted by Crippen LogP contribution is -2.11. The Bertz CT molecular complexity index is 564. The molecular formula is C10H10Cl2IN3S. The van der Waals surface area contributed by atoms with Crippen LogP contribution in [0.1, 0.15) is 24.2 Å². The SMILES string of the molecule is Cc1nn(C(C)c2cc(Cl)sc2Cl)c(N)c1I. The quantitative estimate of drug-likeness (QED) is 0.760. The summed E-state index contributed by atoms with van der Waals surface area (Å²) >= 11 is 15.6. The Labute approximate surface area is 127 Å². The van der Waals surface area contributed by atoms with Crippen LogP contribution in [-0.2, 0) is 0 Å². The lowest BCUT2D eigenvalue weighted by molar-refractivity contribution is 0.570. The molecule has 17 heavy (non-hydrogen) atoms. The van der Waals surface area contributed by atoms with Crippen molar-refractivity contribution in [1.29, 1.82) is 0 Å². The summed E-state index contributed by atoms with van der Waals surface area (Å²) in [5.41, 5.74) is 7.89. The van der Waals surface area contributed by atoms with Gasteiger partial charge in [-0.2, -0.15) is 5.10 Å². The Morgan fingerprint density at radius 3 is 2.59 bits per heavy atom. The number of hydrogen-bond acceptors (Lipinski definition) is 3. The first-order chi connectivity index (χ1) is 7.91. The molecule has 2 rings (SSSR count). The Morgan fingerprint density at radius 2 is 2.18 bits per heavy atom. The fourth-order valence-corrected chi connectivity index (χ4v) is 3.60. The largest absolute Gasteiger partial charge is 0.383 e. The zero-order chi connectivity index (χ0) is 12.7. The maximum atomic E-state index is 6.14. The van der Waals surface area contributed by atoms with E-state index in [2.05, 4.69) is 27.7 Å². The number of nitrogens with zero attached hydrogens (tertiary/aromatic N) is 2. The molecule has 2 N–H and O–H groups in total. The predicted octanol–water partition coefficient (Wildman–Crippen LogP) is 4.36. The van der Waals surface area contributed by atoms with Crippen LogP contribution in [0, 0.1) is 10.5 Å². The fourth-order valence-electron chi connectivity index (χ4n) is 1.61. The number of thiophene rings is 1. The van der Waals surface area contributed by atoms with E-state index < -0.39 is 0 Å².